The zero-order valence-electron chi connectivity index (χ0n) is 13.1. The van der Waals surface area contributed by atoms with Gasteiger partial charge in [0.15, 0.2) is 17.5 Å². The van der Waals surface area contributed by atoms with Gasteiger partial charge in [-0.05, 0) is 37.0 Å². The highest BCUT2D eigenvalue weighted by atomic mass is 16.5. The molecule has 1 aromatic carbocycles. The van der Waals surface area contributed by atoms with Crippen molar-refractivity contribution in [3.63, 3.8) is 0 Å². The molecule has 2 N–H and O–H groups in total. The molecule has 2 rings (SSSR count). The minimum absolute atomic E-state index is 0.549. The molecule has 1 aliphatic rings. The van der Waals surface area contributed by atoms with Crippen molar-refractivity contribution in [2.75, 3.05) is 20.8 Å². The number of methoxy groups -OCH3 is 1. The molecule has 0 unspecified atom stereocenters. The molecule has 0 amide bonds. The summed E-state index contributed by atoms with van der Waals surface area (Å²) in [7, 11) is 3.65. The van der Waals surface area contributed by atoms with Gasteiger partial charge in [-0.2, -0.15) is 0 Å². The fraction of sp³-hybridized carbons (Fsp3) is 0.562. The first-order chi connectivity index (χ1) is 10.2. The van der Waals surface area contributed by atoms with Crippen molar-refractivity contribution in [2.45, 2.75) is 38.8 Å². The van der Waals surface area contributed by atoms with Gasteiger partial charge in [-0.1, -0.05) is 13.0 Å². The molecule has 0 heterocycles. The van der Waals surface area contributed by atoms with E-state index in [4.69, 9.17) is 15.2 Å². The van der Waals surface area contributed by atoms with E-state index in [1.54, 1.807) is 7.11 Å². The van der Waals surface area contributed by atoms with Crippen molar-refractivity contribution in [2.24, 2.45) is 10.7 Å². The minimum atomic E-state index is 0.549. The summed E-state index contributed by atoms with van der Waals surface area (Å²) in [5, 5.41) is 0. The van der Waals surface area contributed by atoms with Crippen molar-refractivity contribution in [3.8, 4) is 11.5 Å². The van der Waals surface area contributed by atoms with Crippen molar-refractivity contribution < 1.29 is 9.47 Å². The van der Waals surface area contributed by atoms with E-state index in [0.29, 0.717) is 25.2 Å². The number of ether oxygens (including phenoxy) is 2. The minimum Gasteiger partial charge on any atom is -0.493 e. The Morgan fingerprint density at radius 3 is 2.76 bits per heavy atom. The fourth-order valence-electron chi connectivity index (χ4n) is 2.07. The summed E-state index contributed by atoms with van der Waals surface area (Å²) in [5.74, 6) is 2.11. The average molecular weight is 291 g/mol. The number of nitrogens with two attached hydrogens (primary N) is 1. The second kappa shape index (κ2) is 7.20. The van der Waals surface area contributed by atoms with E-state index in [-0.39, 0.29) is 0 Å². The first-order valence-electron chi connectivity index (χ1n) is 7.48. The average Bonchev–Trinajstić information content (AvgIpc) is 3.34. The van der Waals surface area contributed by atoms with Crippen LogP contribution in [0.5, 0.6) is 11.5 Å². The Balaban J connectivity index is 2.01. The van der Waals surface area contributed by atoms with Crippen molar-refractivity contribution in [3.05, 3.63) is 23.8 Å². The van der Waals surface area contributed by atoms with Gasteiger partial charge in [0.25, 0.3) is 0 Å². The van der Waals surface area contributed by atoms with Crippen LogP contribution in [0.15, 0.2) is 23.2 Å². The molecule has 5 heteroatoms. The van der Waals surface area contributed by atoms with E-state index in [9.17, 15) is 0 Å². The molecule has 1 aromatic rings. The van der Waals surface area contributed by atoms with Crippen LogP contribution in [0.1, 0.15) is 31.7 Å². The highest BCUT2D eigenvalue weighted by Gasteiger charge is 2.27. The number of aliphatic imine (C=N–C) groups is 1. The van der Waals surface area contributed by atoms with Crippen molar-refractivity contribution in [1.29, 1.82) is 0 Å². The third kappa shape index (κ3) is 4.28. The van der Waals surface area contributed by atoms with Gasteiger partial charge in [-0.3, -0.25) is 0 Å². The predicted molar refractivity (Wildman–Crippen MR) is 84.9 cm³/mol. The van der Waals surface area contributed by atoms with E-state index < -0.39 is 0 Å². The number of hydrogen-bond acceptors (Lipinski definition) is 3. The standard InChI is InChI=1S/C16H25N3O2/c1-4-9-21-14-8-5-12(10-15(14)20-3)11-18-16(17)19(2)13-6-7-13/h5,8,10,13H,4,6-7,9,11H2,1-3H3,(H2,17,18). The molecule has 0 aliphatic heterocycles. The van der Waals surface area contributed by atoms with Gasteiger partial charge in [-0.25, -0.2) is 4.99 Å². The molecule has 21 heavy (non-hydrogen) atoms. The van der Waals surface area contributed by atoms with Crippen LogP contribution < -0.4 is 15.2 Å². The Hall–Kier alpha value is -1.91. The van der Waals surface area contributed by atoms with Crippen LogP contribution >= 0.6 is 0 Å². The fourth-order valence-corrected chi connectivity index (χ4v) is 2.07. The lowest BCUT2D eigenvalue weighted by Crippen LogP contribution is -2.35. The molecule has 0 atom stereocenters. The van der Waals surface area contributed by atoms with E-state index in [1.807, 2.05) is 25.2 Å². The number of benzene rings is 1. The lowest BCUT2D eigenvalue weighted by molar-refractivity contribution is 0.294. The normalized spacial score (nSPS) is 14.9. The maximum Gasteiger partial charge on any atom is 0.191 e. The van der Waals surface area contributed by atoms with Gasteiger partial charge in [0.05, 0.1) is 20.3 Å². The zero-order valence-corrected chi connectivity index (χ0v) is 13.1. The van der Waals surface area contributed by atoms with Crippen LogP contribution in [0, 0.1) is 0 Å². The molecule has 1 fully saturated rings. The third-order valence-electron chi connectivity index (χ3n) is 3.57. The second-order valence-corrected chi connectivity index (χ2v) is 5.35. The summed E-state index contributed by atoms with van der Waals surface area (Å²) in [6, 6.07) is 6.47. The Morgan fingerprint density at radius 2 is 2.14 bits per heavy atom. The van der Waals surface area contributed by atoms with E-state index in [1.165, 1.54) is 12.8 Å². The van der Waals surface area contributed by atoms with Gasteiger partial charge < -0.3 is 20.1 Å². The summed E-state index contributed by atoms with van der Waals surface area (Å²) in [5.41, 5.74) is 7.05. The molecule has 0 spiro atoms. The first-order valence-corrected chi connectivity index (χ1v) is 7.48. The summed E-state index contributed by atoms with van der Waals surface area (Å²) in [6.07, 6.45) is 3.40. The molecule has 116 valence electrons. The second-order valence-electron chi connectivity index (χ2n) is 5.35. The van der Waals surface area contributed by atoms with Crippen molar-refractivity contribution in [1.82, 2.24) is 4.90 Å². The van der Waals surface area contributed by atoms with Crippen LogP contribution in [0.3, 0.4) is 0 Å². The monoisotopic (exact) mass is 291 g/mol. The largest absolute Gasteiger partial charge is 0.493 e. The van der Waals surface area contributed by atoms with Crippen LogP contribution in [-0.4, -0.2) is 37.7 Å². The van der Waals surface area contributed by atoms with Crippen LogP contribution in [0.2, 0.25) is 0 Å². The smallest absolute Gasteiger partial charge is 0.191 e. The van der Waals surface area contributed by atoms with E-state index in [2.05, 4.69) is 16.8 Å². The lowest BCUT2D eigenvalue weighted by Gasteiger charge is -2.17. The molecule has 1 saturated carbocycles. The third-order valence-corrected chi connectivity index (χ3v) is 3.57. The molecule has 0 radical (unpaired) electrons. The Kier molecular flexibility index (Phi) is 5.31. The van der Waals surface area contributed by atoms with Gasteiger partial charge >= 0.3 is 0 Å². The summed E-state index contributed by atoms with van der Waals surface area (Å²) in [4.78, 5) is 6.50. The zero-order chi connectivity index (χ0) is 15.2. The number of hydrogen-bond donors (Lipinski definition) is 1. The van der Waals surface area contributed by atoms with Gasteiger partial charge in [0.1, 0.15) is 0 Å². The van der Waals surface area contributed by atoms with Crippen LogP contribution in [-0.2, 0) is 6.54 Å². The van der Waals surface area contributed by atoms with Crippen LogP contribution in [0.4, 0.5) is 0 Å². The molecular weight excluding hydrogens is 266 g/mol. The lowest BCUT2D eigenvalue weighted by atomic mass is 10.2. The van der Waals surface area contributed by atoms with E-state index >= 15 is 0 Å². The molecule has 0 aromatic heterocycles. The van der Waals surface area contributed by atoms with Crippen molar-refractivity contribution >= 4 is 5.96 Å². The molecule has 0 bridgehead atoms. The highest BCUT2D eigenvalue weighted by molar-refractivity contribution is 5.78. The molecule has 5 nitrogen and oxygen atoms in total. The maximum atomic E-state index is 5.99. The Labute approximate surface area is 126 Å². The summed E-state index contributed by atoms with van der Waals surface area (Å²) >= 11 is 0. The number of rotatable bonds is 7. The van der Waals surface area contributed by atoms with Gasteiger partial charge in [0.2, 0.25) is 0 Å². The summed E-state index contributed by atoms with van der Waals surface area (Å²) < 4.78 is 11.0. The van der Waals surface area contributed by atoms with Crippen LogP contribution in [0.25, 0.3) is 0 Å². The number of nitrogens with zero attached hydrogens (tertiary/aromatic N) is 2. The SMILES string of the molecule is CCCOc1ccc(CN=C(N)N(C)C2CC2)cc1OC. The molecule has 0 saturated heterocycles. The number of guanidine groups is 1. The quantitative estimate of drug-likeness (QED) is 0.619. The highest BCUT2D eigenvalue weighted by Crippen LogP contribution is 2.29. The molecule has 1 aliphatic carbocycles. The predicted octanol–water partition coefficient (Wildman–Crippen LogP) is 2.39. The Morgan fingerprint density at radius 1 is 1.38 bits per heavy atom. The first kappa shape index (κ1) is 15.5. The topological polar surface area (TPSA) is 60.1 Å². The maximum absolute atomic E-state index is 5.99. The van der Waals surface area contributed by atoms with Gasteiger partial charge in [0, 0.05) is 13.1 Å². The van der Waals surface area contributed by atoms with Gasteiger partial charge in [-0.15, -0.1) is 0 Å². The summed E-state index contributed by atoms with van der Waals surface area (Å²) in [6.45, 7) is 3.31. The Bertz CT molecular complexity index is 498. The van der Waals surface area contributed by atoms with E-state index in [0.717, 1.165) is 23.5 Å². The molecular formula is C16H25N3O2.